The number of rotatable bonds is 6. The lowest BCUT2D eigenvalue weighted by Gasteiger charge is -2.08. The largest absolute Gasteiger partial charge is 0.455 e. The SMILES string of the molecule is O=C(CNc1cccc2ccccc12)N/N=C\c1ccc(-c2cccc(Br)c2)o1. The number of amides is 1. The molecule has 3 aromatic carbocycles. The van der Waals surface area contributed by atoms with Gasteiger partial charge in [-0.05, 0) is 35.7 Å². The van der Waals surface area contributed by atoms with Gasteiger partial charge in [0.05, 0.1) is 12.8 Å². The van der Waals surface area contributed by atoms with Crippen LogP contribution in [0.5, 0.6) is 0 Å². The second-order valence-corrected chi connectivity index (χ2v) is 7.30. The van der Waals surface area contributed by atoms with Gasteiger partial charge in [0.25, 0.3) is 5.91 Å². The Kier molecular flexibility index (Phi) is 5.72. The monoisotopic (exact) mass is 447 g/mol. The summed E-state index contributed by atoms with van der Waals surface area (Å²) in [6, 6.07) is 25.5. The molecule has 29 heavy (non-hydrogen) atoms. The number of hydrazone groups is 1. The minimum absolute atomic E-state index is 0.118. The van der Waals surface area contributed by atoms with Crippen LogP contribution in [0.3, 0.4) is 0 Å². The molecule has 0 fully saturated rings. The standard InChI is InChI=1S/C23H18BrN3O2/c24-18-8-3-7-17(13-18)22-12-11-19(29-22)14-26-27-23(28)15-25-21-10-4-6-16-5-1-2-9-20(16)21/h1-14,25H,15H2,(H,27,28)/b26-14-. The van der Waals surface area contributed by atoms with Crippen LogP contribution < -0.4 is 10.7 Å². The number of nitrogens with one attached hydrogen (secondary N) is 2. The summed E-state index contributed by atoms with van der Waals surface area (Å²) in [6.45, 7) is 0.118. The lowest BCUT2D eigenvalue weighted by atomic mass is 10.1. The summed E-state index contributed by atoms with van der Waals surface area (Å²) >= 11 is 3.45. The van der Waals surface area contributed by atoms with Crippen LogP contribution in [0.4, 0.5) is 5.69 Å². The summed E-state index contributed by atoms with van der Waals surface area (Å²) in [6.07, 6.45) is 1.48. The molecule has 0 aliphatic carbocycles. The van der Waals surface area contributed by atoms with E-state index in [1.807, 2.05) is 72.8 Å². The Bertz CT molecular complexity index is 1180. The molecule has 0 spiro atoms. The molecule has 0 bridgehead atoms. The van der Waals surface area contributed by atoms with Crippen LogP contribution in [0.2, 0.25) is 0 Å². The van der Waals surface area contributed by atoms with Crippen molar-refractivity contribution in [2.45, 2.75) is 0 Å². The van der Waals surface area contributed by atoms with Crippen molar-refractivity contribution in [3.8, 4) is 11.3 Å². The summed E-state index contributed by atoms with van der Waals surface area (Å²) in [4.78, 5) is 12.1. The van der Waals surface area contributed by atoms with E-state index < -0.39 is 0 Å². The molecular formula is C23H18BrN3O2. The highest BCUT2D eigenvalue weighted by Gasteiger charge is 2.05. The van der Waals surface area contributed by atoms with Crippen LogP contribution in [0.15, 0.2) is 92.9 Å². The molecule has 4 rings (SSSR count). The molecule has 144 valence electrons. The van der Waals surface area contributed by atoms with Gasteiger partial charge < -0.3 is 9.73 Å². The summed E-state index contributed by atoms with van der Waals surface area (Å²) in [7, 11) is 0. The van der Waals surface area contributed by atoms with E-state index in [2.05, 4.69) is 31.8 Å². The Balaban J connectivity index is 1.33. The van der Waals surface area contributed by atoms with Crippen LogP contribution in [0, 0.1) is 0 Å². The number of hydrogen-bond donors (Lipinski definition) is 2. The van der Waals surface area contributed by atoms with Gasteiger partial charge in [-0.2, -0.15) is 5.10 Å². The first-order valence-electron chi connectivity index (χ1n) is 9.08. The predicted molar refractivity (Wildman–Crippen MR) is 120 cm³/mol. The molecule has 0 atom stereocenters. The highest BCUT2D eigenvalue weighted by Crippen LogP contribution is 2.24. The van der Waals surface area contributed by atoms with Gasteiger partial charge in [0.2, 0.25) is 0 Å². The quantitative estimate of drug-likeness (QED) is 0.306. The van der Waals surface area contributed by atoms with Crippen molar-refractivity contribution in [2.75, 3.05) is 11.9 Å². The minimum Gasteiger partial charge on any atom is -0.455 e. The molecular weight excluding hydrogens is 430 g/mol. The number of anilines is 1. The number of benzene rings is 3. The van der Waals surface area contributed by atoms with Gasteiger partial charge in [-0.3, -0.25) is 4.79 Å². The molecule has 5 nitrogen and oxygen atoms in total. The molecule has 1 aromatic heterocycles. The van der Waals surface area contributed by atoms with Crippen molar-refractivity contribution < 1.29 is 9.21 Å². The second kappa shape index (κ2) is 8.75. The van der Waals surface area contributed by atoms with E-state index in [1.54, 1.807) is 6.07 Å². The van der Waals surface area contributed by atoms with Crippen LogP contribution in [-0.2, 0) is 4.79 Å². The Hall–Kier alpha value is -3.38. The van der Waals surface area contributed by atoms with E-state index in [1.165, 1.54) is 6.21 Å². The molecule has 6 heteroatoms. The third-order valence-electron chi connectivity index (χ3n) is 4.35. The van der Waals surface area contributed by atoms with Gasteiger partial charge in [0, 0.05) is 21.1 Å². The van der Waals surface area contributed by atoms with E-state index in [0.29, 0.717) is 5.76 Å². The van der Waals surface area contributed by atoms with Crippen LogP contribution in [0.25, 0.3) is 22.1 Å². The summed E-state index contributed by atoms with van der Waals surface area (Å²) < 4.78 is 6.73. The Morgan fingerprint density at radius 1 is 1.00 bits per heavy atom. The maximum atomic E-state index is 12.1. The normalized spacial score (nSPS) is 11.1. The zero-order valence-corrected chi connectivity index (χ0v) is 17.0. The van der Waals surface area contributed by atoms with Gasteiger partial charge in [-0.1, -0.05) is 64.5 Å². The van der Waals surface area contributed by atoms with Crippen molar-refractivity contribution in [3.05, 3.63) is 89.1 Å². The number of halogens is 1. The van der Waals surface area contributed by atoms with E-state index in [0.717, 1.165) is 32.3 Å². The Labute approximate surface area is 176 Å². The number of carbonyl (C=O) groups excluding carboxylic acids is 1. The smallest absolute Gasteiger partial charge is 0.259 e. The molecule has 0 unspecified atom stereocenters. The summed E-state index contributed by atoms with van der Waals surface area (Å²) in [5.41, 5.74) is 4.38. The zero-order chi connectivity index (χ0) is 20.1. The van der Waals surface area contributed by atoms with Crippen molar-refractivity contribution >= 4 is 44.5 Å². The molecule has 0 saturated carbocycles. The third kappa shape index (κ3) is 4.73. The number of carbonyl (C=O) groups is 1. The fourth-order valence-corrected chi connectivity index (χ4v) is 3.38. The van der Waals surface area contributed by atoms with Crippen LogP contribution in [-0.4, -0.2) is 18.7 Å². The lowest BCUT2D eigenvalue weighted by molar-refractivity contribution is -0.119. The third-order valence-corrected chi connectivity index (χ3v) is 4.84. The number of hydrogen-bond acceptors (Lipinski definition) is 4. The lowest BCUT2D eigenvalue weighted by Crippen LogP contribution is -2.25. The maximum Gasteiger partial charge on any atom is 0.259 e. The number of furan rings is 1. The van der Waals surface area contributed by atoms with Crippen LogP contribution in [0.1, 0.15) is 5.76 Å². The van der Waals surface area contributed by atoms with Crippen molar-refractivity contribution in [2.24, 2.45) is 5.10 Å². The fraction of sp³-hybridized carbons (Fsp3) is 0.0435. The maximum absolute atomic E-state index is 12.1. The Morgan fingerprint density at radius 2 is 1.83 bits per heavy atom. The summed E-state index contributed by atoms with van der Waals surface area (Å²) in [5.74, 6) is 1.05. The van der Waals surface area contributed by atoms with Gasteiger partial charge in [-0.15, -0.1) is 0 Å². The first-order valence-corrected chi connectivity index (χ1v) is 9.88. The number of nitrogens with zero attached hydrogens (tertiary/aromatic N) is 1. The highest BCUT2D eigenvalue weighted by molar-refractivity contribution is 9.10. The average molecular weight is 448 g/mol. The molecule has 0 aliphatic rings. The predicted octanol–water partition coefficient (Wildman–Crippen LogP) is 5.42. The average Bonchev–Trinajstić information content (AvgIpc) is 3.21. The van der Waals surface area contributed by atoms with Crippen molar-refractivity contribution in [3.63, 3.8) is 0 Å². The summed E-state index contributed by atoms with van der Waals surface area (Å²) in [5, 5.41) is 9.32. The van der Waals surface area contributed by atoms with Gasteiger partial charge in [0.1, 0.15) is 11.5 Å². The molecule has 1 heterocycles. The van der Waals surface area contributed by atoms with Crippen LogP contribution >= 0.6 is 15.9 Å². The van der Waals surface area contributed by atoms with E-state index >= 15 is 0 Å². The zero-order valence-electron chi connectivity index (χ0n) is 15.4. The topological polar surface area (TPSA) is 66.6 Å². The molecule has 1 amide bonds. The highest BCUT2D eigenvalue weighted by atomic mass is 79.9. The minimum atomic E-state index is -0.243. The van der Waals surface area contributed by atoms with Gasteiger partial charge in [0.15, 0.2) is 0 Å². The fourth-order valence-electron chi connectivity index (χ4n) is 2.98. The molecule has 0 radical (unpaired) electrons. The van der Waals surface area contributed by atoms with Crippen molar-refractivity contribution in [1.82, 2.24) is 5.43 Å². The van der Waals surface area contributed by atoms with E-state index in [-0.39, 0.29) is 12.5 Å². The van der Waals surface area contributed by atoms with E-state index in [4.69, 9.17) is 4.42 Å². The first-order chi connectivity index (χ1) is 14.2. The molecule has 2 N–H and O–H groups in total. The van der Waals surface area contributed by atoms with E-state index in [9.17, 15) is 4.79 Å². The Morgan fingerprint density at radius 3 is 2.72 bits per heavy atom. The first kappa shape index (κ1) is 19.0. The van der Waals surface area contributed by atoms with Gasteiger partial charge >= 0.3 is 0 Å². The van der Waals surface area contributed by atoms with Gasteiger partial charge in [-0.25, -0.2) is 5.43 Å². The molecule has 0 saturated heterocycles. The number of fused-ring (bicyclic) bond motifs is 1. The molecule has 4 aromatic rings. The molecule has 0 aliphatic heterocycles. The second-order valence-electron chi connectivity index (χ2n) is 6.39. The van der Waals surface area contributed by atoms with Crippen molar-refractivity contribution in [1.29, 1.82) is 0 Å².